The maximum Gasteiger partial charge on any atom is 0.154 e. The van der Waals surface area contributed by atoms with Crippen molar-refractivity contribution in [3.8, 4) is 0 Å². The SMILES string of the molecule is Cc1cc2c(N3CCN(C(C)(C)CN)CC3)nccn2n1. The molecule has 2 aromatic heterocycles. The lowest BCUT2D eigenvalue weighted by Crippen LogP contribution is -2.57. The summed E-state index contributed by atoms with van der Waals surface area (Å²) in [6.07, 6.45) is 3.73. The highest BCUT2D eigenvalue weighted by Gasteiger charge is 2.29. The summed E-state index contributed by atoms with van der Waals surface area (Å²) in [5.41, 5.74) is 8.05. The number of nitrogens with zero attached hydrogens (tertiary/aromatic N) is 5. The minimum Gasteiger partial charge on any atom is -0.352 e. The predicted molar refractivity (Wildman–Crippen MR) is 84.6 cm³/mol. The summed E-state index contributed by atoms with van der Waals surface area (Å²) < 4.78 is 1.91. The molecule has 1 fully saturated rings. The number of hydrogen-bond acceptors (Lipinski definition) is 5. The third-order valence-electron chi connectivity index (χ3n) is 4.43. The van der Waals surface area contributed by atoms with E-state index in [2.05, 4.69) is 39.8 Å². The van der Waals surface area contributed by atoms with Crippen molar-refractivity contribution in [1.82, 2.24) is 19.5 Å². The summed E-state index contributed by atoms with van der Waals surface area (Å²) >= 11 is 0. The van der Waals surface area contributed by atoms with Gasteiger partial charge < -0.3 is 10.6 Å². The van der Waals surface area contributed by atoms with Crippen molar-refractivity contribution >= 4 is 11.3 Å². The Morgan fingerprint density at radius 1 is 1.24 bits per heavy atom. The molecule has 0 saturated carbocycles. The molecule has 1 aliphatic rings. The second-order valence-corrected chi connectivity index (χ2v) is 6.36. The summed E-state index contributed by atoms with van der Waals surface area (Å²) in [4.78, 5) is 9.38. The van der Waals surface area contributed by atoms with Crippen LogP contribution in [0.1, 0.15) is 19.5 Å². The molecule has 0 spiro atoms. The topological polar surface area (TPSA) is 62.7 Å². The maximum atomic E-state index is 5.88. The van der Waals surface area contributed by atoms with Crippen LogP contribution >= 0.6 is 0 Å². The first-order valence-electron chi connectivity index (χ1n) is 7.52. The normalized spacial score (nSPS) is 17.6. The van der Waals surface area contributed by atoms with Crippen molar-refractivity contribution in [3.05, 3.63) is 24.2 Å². The van der Waals surface area contributed by atoms with E-state index in [9.17, 15) is 0 Å². The second kappa shape index (κ2) is 5.27. The third-order valence-corrected chi connectivity index (χ3v) is 4.43. The molecular formula is C15H24N6. The van der Waals surface area contributed by atoms with Crippen molar-refractivity contribution in [2.45, 2.75) is 26.3 Å². The first-order chi connectivity index (χ1) is 10.0. The largest absolute Gasteiger partial charge is 0.352 e. The molecule has 0 atom stereocenters. The molecule has 0 unspecified atom stereocenters. The second-order valence-electron chi connectivity index (χ2n) is 6.36. The molecular weight excluding hydrogens is 264 g/mol. The fraction of sp³-hybridized carbons (Fsp3) is 0.600. The van der Waals surface area contributed by atoms with Crippen LogP contribution in [0.15, 0.2) is 18.5 Å². The minimum absolute atomic E-state index is 0.0682. The maximum absolute atomic E-state index is 5.88. The summed E-state index contributed by atoms with van der Waals surface area (Å²) in [6.45, 7) is 11.1. The van der Waals surface area contributed by atoms with Crippen LogP contribution in [0.2, 0.25) is 0 Å². The quantitative estimate of drug-likeness (QED) is 0.909. The number of anilines is 1. The van der Waals surface area contributed by atoms with E-state index in [4.69, 9.17) is 5.73 Å². The van der Waals surface area contributed by atoms with E-state index in [1.807, 2.05) is 23.8 Å². The molecule has 0 aliphatic carbocycles. The number of aryl methyl sites for hydroxylation is 1. The molecule has 1 saturated heterocycles. The van der Waals surface area contributed by atoms with Crippen LogP contribution in [0.25, 0.3) is 5.52 Å². The Labute approximate surface area is 125 Å². The zero-order valence-corrected chi connectivity index (χ0v) is 13.1. The van der Waals surface area contributed by atoms with Crippen molar-refractivity contribution in [3.63, 3.8) is 0 Å². The lowest BCUT2D eigenvalue weighted by Gasteiger charge is -2.43. The van der Waals surface area contributed by atoms with Crippen molar-refractivity contribution < 1.29 is 0 Å². The summed E-state index contributed by atoms with van der Waals surface area (Å²) in [6, 6.07) is 2.10. The molecule has 0 aromatic carbocycles. The molecule has 0 radical (unpaired) electrons. The van der Waals surface area contributed by atoms with Crippen molar-refractivity contribution in [2.24, 2.45) is 5.73 Å². The van der Waals surface area contributed by atoms with E-state index in [0.29, 0.717) is 6.54 Å². The standard InChI is InChI=1S/C15H24N6/c1-12-10-13-14(17-4-5-21(13)18-12)19-6-8-20(9-7-19)15(2,3)11-16/h4-5,10H,6-9,11,16H2,1-3H3. The van der Waals surface area contributed by atoms with Gasteiger partial charge in [0.25, 0.3) is 0 Å². The molecule has 6 nitrogen and oxygen atoms in total. The average Bonchev–Trinajstić information content (AvgIpc) is 2.87. The van der Waals surface area contributed by atoms with Gasteiger partial charge in [-0.15, -0.1) is 0 Å². The number of nitrogens with two attached hydrogens (primary N) is 1. The van der Waals surface area contributed by atoms with Crippen LogP contribution in [0.3, 0.4) is 0 Å². The number of rotatable bonds is 3. The summed E-state index contributed by atoms with van der Waals surface area (Å²) in [5.74, 6) is 1.03. The highest BCUT2D eigenvalue weighted by Crippen LogP contribution is 2.23. The van der Waals surface area contributed by atoms with Crippen LogP contribution in [0, 0.1) is 6.92 Å². The van der Waals surface area contributed by atoms with Crippen molar-refractivity contribution in [1.29, 1.82) is 0 Å². The average molecular weight is 288 g/mol. The van der Waals surface area contributed by atoms with E-state index in [0.717, 1.165) is 43.2 Å². The third kappa shape index (κ3) is 2.61. The van der Waals surface area contributed by atoms with Crippen LogP contribution in [0.4, 0.5) is 5.82 Å². The smallest absolute Gasteiger partial charge is 0.154 e. The molecule has 2 N–H and O–H groups in total. The van der Waals surface area contributed by atoms with E-state index in [-0.39, 0.29) is 5.54 Å². The summed E-state index contributed by atoms with van der Waals surface area (Å²) in [7, 11) is 0. The van der Waals surface area contributed by atoms with Gasteiger partial charge in [-0.2, -0.15) is 5.10 Å². The van der Waals surface area contributed by atoms with Crippen LogP contribution in [0.5, 0.6) is 0 Å². The monoisotopic (exact) mass is 288 g/mol. The fourth-order valence-electron chi connectivity index (χ4n) is 2.93. The number of fused-ring (bicyclic) bond motifs is 1. The fourth-order valence-corrected chi connectivity index (χ4v) is 2.93. The van der Waals surface area contributed by atoms with Crippen molar-refractivity contribution in [2.75, 3.05) is 37.6 Å². The van der Waals surface area contributed by atoms with Gasteiger partial charge in [0.15, 0.2) is 5.82 Å². The van der Waals surface area contributed by atoms with Gasteiger partial charge in [-0.1, -0.05) is 0 Å². The zero-order valence-electron chi connectivity index (χ0n) is 13.1. The Bertz CT molecular complexity index is 624. The Hall–Kier alpha value is -1.66. The first kappa shape index (κ1) is 14.3. The van der Waals surface area contributed by atoms with Crippen LogP contribution in [-0.2, 0) is 0 Å². The molecule has 2 aromatic rings. The zero-order chi connectivity index (χ0) is 15.0. The van der Waals surface area contributed by atoms with Gasteiger partial charge in [0.1, 0.15) is 5.52 Å². The molecule has 114 valence electrons. The predicted octanol–water partition coefficient (Wildman–Crippen LogP) is 0.897. The molecule has 1 aliphatic heterocycles. The molecule has 3 heterocycles. The van der Waals surface area contributed by atoms with Gasteiger partial charge in [0.2, 0.25) is 0 Å². The molecule has 21 heavy (non-hydrogen) atoms. The Morgan fingerprint density at radius 3 is 2.62 bits per heavy atom. The highest BCUT2D eigenvalue weighted by molar-refractivity contribution is 5.69. The van der Waals surface area contributed by atoms with Gasteiger partial charge in [0, 0.05) is 50.7 Å². The van der Waals surface area contributed by atoms with Gasteiger partial charge in [0.05, 0.1) is 5.69 Å². The Kier molecular flexibility index (Phi) is 3.59. The van der Waals surface area contributed by atoms with Gasteiger partial charge in [-0.05, 0) is 26.8 Å². The Morgan fingerprint density at radius 2 is 1.95 bits per heavy atom. The van der Waals surface area contributed by atoms with Gasteiger partial charge in [-0.3, -0.25) is 4.90 Å². The van der Waals surface area contributed by atoms with Gasteiger partial charge in [-0.25, -0.2) is 9.50 Å². The van der Waals surface area contributed by atoms with Crippen LogP contribution in [-0.4, -0.2) is 57.8 Å². The highest BCUT2D eigenvalue weighted by atomic mass is 15.3. The molecule has 3 rings (SSSR count). The summed E-state index contributed by atoms with van der Waals surface area (Å²) in [5, 5.41) is 4.46. The van der Waals surface area contributed by atoms with E-state index in [1.54, 1.807) is 0 Å². The Balaban J connectivity index is 1.80. The van der Waals surface area contributed by atoms with Crippen LogP contribution < -0.4 is 10.6 Å². The lowest BCUT2D eigenvalue weighted by atomic mass is 10.0. The minimum atomic E-state index is 0.0682. The lowest BCUT2D eigenvalue weighted by molar-refractivity contribution is 0.119. The van der Waals surface area contributed by atoms with E-state index >= 15 is 0 Å². The molecule has 6 heteroatoms. The van der Waals surface area contributed by atoms with E-state index in [1.165, 1.54) is 0 Å². The number of aromatic nitrogens is 3. The molecule has 0 amide bonds. The first-order valence-corrected chi connectivity index (χ1v) is 7.52. The van der Waals surface area contributed by atoms with Gasteiger partial charge >= 0.3 is 0 Å². The number of hydrogen-bond donors (Lipinski definition) is 1. The molecule has 0 bridgehead atoms. The number of piperazine rings is 1. The van der Waals surface area contributed by atoms with E-state index < -0.39 is 0 Å².